The predicted molar refractivity (Wildman–Crippen MR) is 73.3 cm³/mol. The summed E-state index contributed by atoms with van der Waals surface area (Å²) in [6, 6.07) is 4.11. The highest BCUT2D eigenvalue weighted by Gasteiger charge is 2.18. The minimum atomic E-state index is -0.842. The average Bonchev–Trinajstić information content (AvgIpc) is 2.37. The van der Waals surface area contributed by atoms with Gasteiger partial charge in [-0.15, -0.1) is 0 Å². The van der Waals surface area contributed by atoms with Gasteiger partial charge in [0.2, 0.25) is 0 Å². The van der Waals surface area contributed by atoms with E-state index in [0.29, 0.717) is 18.5 Å². The number of carboxylic acids is 1. The first-order chi connectivity index (χ1) is 9.32. The van der Waals surface area contributed by atoms with Gasteiger partial charge in [-0.1, -0.05) is 26.0 Å². The number of carboxylic acid groups (broad SMARTS) is 1. The molecule has 0 aliphatic carbocycles. The summed E-state index contributed by atoms with van der Waals surface area (Å²) in [6.07, 6.45) is 1.51. The Morgan fingerprint density at radius 3 is 2.65 bits per heavy atom. The van der Waals surface area contributed by atoms with Crippen molar-refractivity contribution in [2.24, 2.45) is 5.41 Å². The van der Waals surface area contributed by atoms with Gasteiger partial charge in [0.05, 0.1) is 0 Å². The minimum absolute atomic E-state index is 0.0914. The third-order valence-electron chi connectivity index (χ3n) is 3.34. The van der Waals surface area contributed by atoms with Crippen LogP contribution in [0.2, 0.25) is 0 Å². The molecule has 0 saturated heterocycles. The van der Waals surface area contributed by atoms with E-state index in [-0.39, 0.29) is 18.4 Å². The van der Waals surface area contributed by atoms with Crippen LogP contribution in [0, 0.1) is 17.0 Å². The zero-order chi connectivity index (χ0) is 15.2. The summed E-state index contributed by atoms with van der Waals surface area (Å²) in [7, 11) is 0. The van der Waals surface area contributed by atoms with Gasteiger partial charge in [0.25, 0.3) is 0 Å². The molecule has 0 aromatic heterocycles. The van der Waals surface area contributed by atoms with Crippen LogP contribution in [0.25, 0.3) is 0 Å². The average molecular weight is 285 g/mol. The Labute approximate surface area is 118 Å². The second-order valence-electron chi connectivity index (χ2n) is 5.70. The molecule has 5 heteroatoms. The first-order valence-corrected chi connectivity index (χ1v) is 6.67. The number of benzene rings is 1. The smallest absolute Gasteiger partial charge is 0.303 e. The van der Waals surface area contributed by atoms with E-state index in [4.69, 9.17) is 5.11 Å². The summed E-state index contributed by atoms with van der Waals surface area (Å²) in [5, 5.41) is 11.7. The minimum Gasteiger partial charge on any atom is -0.481 e. The van der Waals surface area contributed by atoms with Crippen LogP contribution in [0.15, 0.2) is 18.2 Å². The Balaban J connectivity index is 2.34. The lowest BCUT2D eigenvalue weighted by atomic mass is 9.84. The highest BCUT2D eigenvalue weighted by Crippen LogP contribution is 2.26. The van der Waals surface area contributed by atoms with Crippen LogP contribution in [0.4, 0.5) is 8.78 Å². The SMILES string of the molecule is CC(C)(CCNCc1cccc(F)c1F)CCC(=O)O. The Kier molecular flexibility index (Phi) is 6.07. The van der Waals surface area contributed by atoms with Gasteiger partial charge in [0.1, 0.15) is 0 Å². The van der Waals surface area contributed by atoms with E-state index in [2.05, 4.69) is 5.32 Å². The molecule has 0 unspecified atom stereocenters. The second-order valence-corrected chi connectivity index (χ2v) is 5.70. The lowest BCUT2D eigenvalue weighted by Crippen LogP contribution is -2.23. The fourth-order valence-electron chi connectivity index (χ4n) is 1.91. The van der Waals surface area contributed by atoms with Gasteiger partial charge in [-0.25, -0.2) is 8.78 Å². The topological polar surface area (TPSA) is 49.3 Å². The lowest BCUT2D eigenvalue weighted by Gasteiger charge is -2.23. The maximum absolute atomic E-state index is 13.4. The van der Waals surface area contributed by atoms with Crippen LogP contribution in [0.5, 0.6) is 0 Å². The third kappa shape index (κ3) is 5.65. The van der Waals surface area contributed by atoms with Crippen LogP contribution in [-0.4, -0.2) is 17.6 Å². The Bertz CT molecular complexity index is 461. The van der Waals surface area contributed by atoms with Crippen molar-refractivity contribution in [3.63, 3.8) is 0 Å². The van der Waals surface area contributed by atoms with E-state index in [1.165, 1.54) is 6.07 Å². The number of nitrogens with one attached hydrogen (secondary N) is 1. The van der Waals surface area contributed by atoms with E-state index in [9.17, 15) is 13.6 Å². The van der Waals surface area contributed by atoms with E-state index in [1.807, 2.05) is 13.8 Å². The highest BCUT2D eigenvalue weighted by molar-refractivity contribution is 5.66. The van der Waals surface area contributed by atoms with Crippen molar-refractivity contribution in [2.45, 2.75) is 39.7 Å². The highest BCUT2D eigenvalue weighted by atomic mass is 19.2. The molecule has 3 nitrogen and oxygen atoms in total. The normalized spacial score (nSPS) is 11.6. The Morgan fingerprint density at radius 1 is 1.30 bits per heavy atom. The zero-order valence-corrected chi connectivity index (χ0v) is 11.9. The Hall–Kier alpha value is -1.49. The molecular weight excluding hydrogens is 264 g/mol. The predicted octanol–water partition coefficient (Wildman–Crippen LogP) is 3.34. The van der Waals surface area contributed by atoms with Gasteiger partial charge in [0, 0.05) is 18.5 Å². The lowest BCUT2D eigenvalue weighted by molar-refractivity contribution is -0.137. The van der Waals surface area contributed by atoms with Crippen LogP contribution in [0.3, 0.4) is 0 Å². The molecule has 1 aromatic carbocycles. The third-order valence-corrected chi connectivity index (χ3v) is 3.34. The molecule has 0 fully saturated rings. The number of hydrogen-bond donors (Lipinski definition) is 2. The number of halogens is 2. The summed E-state index contributed by atoms with van der Waals surface area (Å²) in [5.41, 5.74) is 0.208. The monoisotopic (exact) mass is 285 g/mol. The molecule has 20 heavy (non-hydrogen) atoms. The summed E-state index contributed by atoms with van der Waals surface area (Å²) in [4.78, 5) is 10.5. The maximum atomic E-state index is 13.4. The summed E-state index contributed by atoms with van der Waals surface area (Å²) < 4.78 is 26.4. The van der Waals surface area contributed by atoms with Crippen LogP contribution in [-0.2, 0) is 11.3 Å². The first kappa shape index (κ1) is 16.6. The fraction of sp³-hybridized carbons (Fsp3) is 0.533. The first-order valence-electron chi connectivity index (χ1n) is 6.67. The zero-order valence-electron chi connectivity index (χ0n) is 11.9. The summed E-state index contributed by atoms with van der Waals surface area (Å²) in [5.74, 6) is -2.45. The van der Waals surface area contributed by atoms with E-state index < -0.39 is 17.6 Å². The van der Waals surface area contributed by atoms with Crippen molar-refractivity contribution >= 4 is 5.97 Å². The number of rotatable bonds is 8. The standard InChI is InChI=1S/C15H21F2NO2/c1-15(2,7-6-13(19)20)8-9-18-10-11-4-3-5-12(16)14(11)17/h3-5,18H,6-10H2,1-2H3,(H,19,20). The largest absolute Gasteiger partial charge is 0.481 e. The molecule has 0 heterocycles. The van der Waals surface area contributed by atoms with Gasteiger partial charge >= 0.3 is 5.97 Å². The van der Waals surface area contributed by atoms with Gasteiger partial charge in [-0.2, -0.15) is 0 Å². The van der Waals surface area contributed by atoms with Crippen molar-refractivity contribution in [2.75, 3.05) is 6.54 Å². The van der Waals surface area contributed by atoms with Crippen molar-refractivity contribution in [1.29, 1.82) is 0 Å². The molecule has 2 N–H and O–H groups in total. The summed E-state index contributed by atoms with van der Waals surface area (Å²) in [6.45, 7) is 4.89. The molecule has 0 radical (unpaired) electrons. The molecule has 0 atom stereocenters. The number of hydrogen-bond acceptors (Lipinski definition) is 2. The van der Waals surface area contributed by atoms with Crippen molar-refractivity contribution in [3.05, 3.63) is 35.4 Å². The quantitative estimate of drug-likeness (QED) is 0.720. The molecular formula is C15H21F2NO2. The molecule has 0 bridgehead atoms. The molecule has 0 aliphatic heterocycles. The van der Waals surface area contributed by atoms with Crippen LogP contribution in [0.1, 0.15) is 38.7 Å². The maximum Gasteiger partial charge on any atom is 0.303 e. The van der Waals surface area contributed by atoms with Gasteiger partial charge < -0.3 is 10.4 Å². The number of carbonyl (C=O) groups is 1. The van der Waals surface area contributed by atoms with Crippen molar-refractivity contribution in [3.8, 4) is 0 Å². The fourth-order valence-corrected chi connectivity index (χ4v) is 1.91. The molecule has 0 spiro atoms. The van der Waals surface area contributed by atoms with E-state index in [1.54, 1.807) is 6.07 Å². The molecule has 0 aliphatic rings. The van der Waals surface area contributed by atoms with Crippen LogP contribution >= 0.6 is 0 Å². The van der Waals surface area contributed by atoms with Crippen molar-refractivity contribution in [1.82, 2.24) is 5.32 Å². The van der Waals surface area contributed by atoms with Gasteiger partial charge in [-0.3, -0.25) is 4.79 Å². The van der Waals surface area contributed by atoms with Gasteiger partial charge in [-0.05, 0) is 30.9 Å². The molecule has 112 valence electrons. The molecule has 1 rings (SSSR count). The molecule has 0 saturated carbocycles. The Morgan fingerprint density at radius 2 is 2.00 bits per heavy atom. The van der Waals surface area contributed by atoms with Crippen molar-refractivity contribution < 1.29 is 18.7 Å². The number of aliphatic carboxylic acids is 1. The summed E-state index contributed by atoms with van der Waals surface area (Å²) >= 11 is 0. The molecule has 1 aromatic rings. The molecule has 0 amide bonds. The van der Waals surface area contributed by atoms with E-state index in [0.717, 1.165) is 12.5 Å². The second kappa shape index (κ2) is 7.33. The van der Waals surface area contributed by atoms with Gasteiger partial charge in [0.15, 0.2) is 11.6 Å². The van der Waals surface area contributed by atoms with E-state index >= 15 is 0 Å². The van der Waals surface area contributed by atoms with Crippen LogP contribution < -0.4 is 5.32 Å².